The van der Waals surface area contributed by atoms with E-state index < -0.39 is 0 Å². The number of rotatable bonds is 4. The zero-order chi connectivity index (χ0) is 14.8. The van der Waals surface area contributed by atoms with Gasteiger partial charge < -0.3 is 9.42 Å². The van der Waals surface area contributed by atoms with Gasteiger partial charge in [-0.3, -0.25) is 4.79 Å². The summed E-state index contributed by atoms with van der Waals surface area (Å²) in [6.45, 7) is 4.70. The van der Waals surface area contributed by atoms with E-state index in [0.717, 1.165) is 18.5 Å². The zero-order valence-corrected chi connectivity index (χ0v) is 12.4. The highest BCUT2D eigenvalue weighted by Crippen LogP contribution is 2.32. The molecule has 1 atom stereocenters. The van der Waals surface area contributed by atoms with E-state index in [1.807, 2.05) is 30.0 Å². The lowest BCUT2D eigenvalue weighted by atomic mass is 10.1. The largest absolute Gasteiger partial charge is 0.339 e. The second-order valence-corrected chi connectivity index (χ2v) is 5.29. The molecule has 0 aliphatic carbocycles. The molecule has 1 unspecified atom stereocenters. The van der Waals surface area contributed by atoms with E-state index >= 15 is 0 Å². The molecule has 1 saturated heterocycles. The van der Waals surface area contributed by atoms with Crippen molar-refractivity contribution in [3.05, 3.63) is 41.5 Å². The predicted octanol–water partition coefficient (Wildman–Crippen LogP) is 2.71. The highest BCUT2D eigenvalue weighted by molar-refractivity contribution is 5.97. The predicted molar refractivity (Wildman–Crippen MR) is 79.2 cm³/mol. The Hall–Kier alpha value is -2.17. The normalized spacial score (nSPS) is 18.5. The Kier molecular flexibility index (Phi) is 3.73. The van der Waals surface area contributed by atoms with Crippen molar-refractivity contribution in [2.24, 2.45) is 0 Å². The average molecular weight is 285 g/mol. The van der Waals surface area contributed by atoms with Crippen LogP contribution in [-0.2, 0) is 17.6 Å². The fourth-order valence-corrected chi connectivity index (χ4v) is 2.76. The van der Waals surface area contributed by atoms with E-state index in [1.165, 1.54) is 5.56 Å². The Morgan fingerprint density at radius 3 is 2.81 bits per heavy atom. The van der Waals surface area contributed by atoms with Gasteiger partial charge in [-0.15, -0.1) is 0 Å². The number of benzene rings is 1. The molecule has 0 N–H and O–H groups in total. The molecule has 110 valence electrons. The summed E-state index contributed by atoms with van der Waals surface area (Å²) in [5.41, 5.74) is 2.19. The minimum atomic E-state index is -0.00443. The van der Waals surface area contributed by atoms with Gasteiger partial charge in [0.1, 0.15) is 0 Å². The molecular formula is C16H19N3O2. The number of aromatic nitrogens is 2. The molecule has 2 aromatic rings. The molecule has 5 heteroatoms. The molecule has 3 rings (SSSR count). The molecule has 21 heavy (non-hydrogen) atoms. The van der Waals surface area contributed by atoms with Crippen molar-refractivity contribution in [2.45, 2.75) is 39.0 Å². The van der Waals surface area contributed by atoms with Gasteiger partial charge in [-0.05, 0) is 18.1 Å². The number of aryl methyl sites for hydroxylation is 2. The molecule has 2 heterocycles. The second kappa shape index (κ2) is 5.68. The number of hydrogen-bond donors (Lipinski definition) is 0. The van der Waals surface area contributed by atoms with Crippen LogP contribution in [0.1, 0.15) is 43.5 Å². The summed E-state index contributed by atoms with van der Waals surface area (Å²) in [6, 6.07) is 8.05. The lowest BCUT2D eigenvalue weighted by Gasteiger charge is -2.19. The maximum Gasteiger partial charge on any atom is 0.232 e. The molecule has 0 bridgehead atoms. The van der Waals surface area contributed by atoms with Crippen LogP contribution in [0, 0.1) is 0 Å². The van der Waals surface area contributed by atoms with Gasteiger partial charge in [-0.2, -0.15) is 4.98 Å². The summed E-state index contributed by atoms with van der Waals surface area (Å²) >= 11 is 0. The molecular weight excluding hydrogens is 266 g/mol. The quantitative estimate of drug-likeness (QED) is 0.866. The highest BCUT2D eigenvalue weighted by atomic mass is 16.5. The molecule has 1 aliphatic rings. The van der Waals surface area contributed by atoms with Crippen LogP contribution in [0.4, 0.5) is 5.69 Å². The third kappa shape index (κ3) is 2.55. The maximum absolute atomic E-state index is 12.3. The first-order valence-electron chi connectivity index (χ1n) is 7.43. The highest BCUT2D eigenvalue weighted by Gasteiger charge is 2.35. The van der Waals surface area contributed by atoms with Crippen molar-refractivity contribution in [3.8, 4) is 0 Å². The van der Waals surface area contributed by atoms with Gasteiger partial charge in [0.2, 0.25) is 11.8 Å². The molecule has 1 fully saturated rings. The lowest BCUT2D eigenvalue weighted by Crippen LogP contribution is -2.25. The number of anilines is 1. The van der Waals surface area contributed by atoms with Crippen LogP contribution < -0.4 is 4.90 Å². The van der Waals surface area contributed by atoms with Crippen LogP contribution in [0.5, 0.6) is 0 Å². The Morgan fingerprint density at radius 1 is 1.29 bits per heavy atom. The van der Waals surface area contributed by atoms with Crippen molar-refractivity contribution >= 4 is 11.6 Å². The standard InChI is InChI=1S/C16H19N3O2/c1-3-11-7-5-6-8-13(11)19-10-12(9-15(19)20)16-17-14(4-2)18-21-16/h5-8,12H,3-4,9-10H2,1-2H3. The van der Waals surface area contributed by atoms with Gasteiger partial charge >= 0.3 is 0 Å². The first-order valence-corrected chi connectivity index (χ1v) is 7.43. The van der Waals surface area contributed by atoms with Crippen LogP contribution in [-0.4, -0.2) is 22.6 Å². The van der Waals surface area contributed by atoms with Gasteiger partial charge in [0.25, 0.3) is 0 Å². The second-order valence-electron chi connectivity index (χ2n) is 5.29. The minimum absolute atomic E-state index is 0.00443. The third-order valence-corrected chi connectivity index (χ3v) is 3.94. The Morgan fingerprint density at radius 2 is 2.10 bits per heavy atom. The van der Waals surface area contributed by atoms with Crippen LogP contribution in [0.25, 0.3) is 0 Å². The monoisotopic (exact) mass is 285 g/mol. The SMILES string of the molecule is CCc1noc(C2CC(=O)N(c3ccccc3CC)C2)n1. The fraction of sp³-hybridized carbons (Fsp3) is 0.438. The van der Waals surface area contributed by atoms with Crippen molar-refractivity contribution in [3.63, 3.8) is 0 Å². The van der Waals surface area contributed by atoms with Gasteiger partial charge in [0.15, 0.2) is 5.82 Å². The van der Waals surface area contributed by atoms with E-state index in [1.54, 1.807) is 0 Å². The topological polar surface area (TPSA) is 59.2 Å². The summed E-state index contributed by atoms with van der Waals surface area (Å²) < 4.78 is 5.29. The van der Waals surface area contributed by atoms with Crippen LogP contribution in [0.15, 0.2) is 28.8 Å². The molecule has 1 amide bonds. The van der Waals surface area contributed by atoms with E-state index in [0.29, 0.717) is 24.7 Å². The first kappa shape index (κ1) is 13.8. The third-order valence-electron chi connectivity index (χ3n) is 3.94. The van der Waals surface area contributed by atoms with Crippen LogP contribution >= 0.6 is 0 Å². The summed E-state index contributed by atoms with van der Waals surface area (Å²) in [6.07, 6.45) is 2.08. The Labute approximate surface area is 124 Å². The molecule has 5 nitrogen and oxygen atoms in total. The fourth-order valence-electron chi connectivity index (χ4n) is 2.76. The molecule has 0 spiro atoms. The van der Waals surface area contributed by atoms with Gasteiger partial charge in [0.05, 0.1) is 5.92 Å². The van der Waals surface area contributed by atoms with Crippen molar-refractivity contribution in [1.82, 2.24) is 10.1 Å². The van der Waals surface area contributed by atoms with Gasteiger partial charge in [0, 0.05) is 25.1 Å². The average Bonchev–Trinajstić information content (AvgIpc) is 3.13. The van der Waals surface area contributed by atoms with Crippen LogP contribution in [0.3, 0.4) is 0 Å². The van der Waals surface area contributed by atoms with Crippen molar-refractivity contribution in [1.29, 1.82) is 0 Å². The number of amides is 1. The van der Waals surface area contributed by atoms with E-state index in [-0.39, 0.29) is 11.8 Å². The number of carbonyl (C=O) groups excluding carboxylic acids is 1. The summed E-state index contributed by atoms with van der Waals surface area (Å²) in [5.74, 6) is 1.40. The first-order chi connectivity index (χ1) is 10.2. The number of carbonyl (C=O) groups is 1. The van der Waals surface area contributed by atoms with Gasteiger partial charge in [-0.1, -0.05) is 37.2 Å². The van der Waals surface area contributed by atoms with Crippen LogP contribution in [0.2, 0.25) is 0 Å². The van der Waals surface area contributed by atoms with Gasteiger partial charge in [-0.25, -0.2) is 0 Å². The lowest BCUT2D eigenvalue weighted by molar-refractivity contribution is -0.117. The number of nitrogens with zero attached hydrogens (tertiary/aromatic N) is 3. The van der Waals surface area contributed by atoms with Crippen molar-refractivity contribution < 1.29 is 9.32 Å². The smallest absolute Gasteiger partial charge is 0.232 e. The zero-order valence-electron chi connectivity index (χ0n) is 12.4. The molecule has 0 saturated carbocycles. The molecule has 1 aliphatic heterocycles. The summed E-state index contributed by atoms with van der Waals surface area (Å²) in [7, 11) is 0. The number of hydrogen-bond acceptors (Lipinski definition) is 4. The Balaban J connectivity index is 1.84. The maximum atomic E-state index is 12.3. The molecule has 0 radical (unpaired) electrons. The molecule has 1 aromatic carbocycles. The van der Waals surface area contributed by atoms with E-state index in [4.69, 9.17) is 4.52 Å². The van der Waals surface area contributed by atoms with Crippen molar-refractivity contribution in [2.75, 3.05) is 11.4 Å². The van der Waals surface area contributed by atoms with E-state index in [9.17, 15) is 4.79 Å². The van der Waals surface area contributed by atoms with E-state index in [2.05, 4.69) is 23.1 Å². The molecule has 1 aromatic heterocycles. The minimum Gasteiger partial charge on any atom is -0.339 e. The number of para-hydroxylation sites is 1. The summed E-state index contributed by atoms with van der Waals surface area (Å²) in [5, 5.41) is 3.92. The summed E-state index contributed by atoms with van der Waals surface area (Å²) in [4.78, 5) is 18.5. The Bertz CT molecular complexity index is 650.